The molecule has 0 saturated carbocycles. The third-order valence-electron chi connectivity index (χ3n) is 2.58. The van der Waals surface area contributed by atoms with Crippen LogP contribution in [0.25, 0.3) is 0 Å². The van der Waals surface area contributed by atoms with Crippen molar-refractivity contribution in [3.05, 3.63) is 23.5 Å². The zero-order chi connectivity index (χ0) is 17.1. The van der Waals surface area contributed by atoms with E-state index in [1.165, 1.54) is 0 Å². The quantitative estimate of drug-likeness (QED) is 0.555. The first-order valence-electron chi connectivity index (χ1n) is 6.46. The zero-order valence-electron chi connectivity index (χ0n) is 12.5. The standard InChI is InChI=1S/C14H18N2O6/c1-14(2,3)22-13(21)16-7(6-17)12(20)10-8(18)4-5-9(19)11(10)15/h4-5,7,15,17-18H,6H2,1-3H3,(H,16,21)/t7-/m0/s1. The van der Waals surface area contributed by atoms with Crippen LogP contribution in [-0.2, 0) is 14.3 Å². The van der Waals surface area contributed by atoms with E-state index in [2.05, 4.69) is 5.32 Å². The first-order valence-corrected chi connectivity index (χ1v) is 6.46. The highest BCUT2D eigenvalue weighted by molar-refractivity contribution is 6.55. The maximum Gasteiger partial charge on any atom is 0.408 e. The van der Waals surface area contributed by atoms with Gasteiger partial charge in [-0.05, 0) is 32.9 Å². The van der Waals surface area contributed by atoms with Crippen LogP contribution >= 0.6 is 0 Å². The van der Waals surface area contributed by atoms with Crippen LogP contribution < -0.4 is 5.32 Å². The Bertz CT molecular complexity index is 583. The van der Waals surface area contributed by atoms with E-state index >= 15 is 0 Å². The van der Waals surface area contributed by atoms with E-state index in [-0.39, 0.29) is 0 Å². The number of hydrogen-bond acceptors (Lipinski definition) is 7. The van der Waals surface area contributed by atoms with Crippen molar-refractivity contribution in [2.45, 2.75) is 32.4 Å². The van der Waals surface area contributed by atoms with Crippen molar-refractivity contribution < 1.29 is 29.3 Å². The summed E-state index contributed by atoms with van der Waals surface area (Å²) in [4.78, 5) is 35.2. The molecule has 1 atom stereocenters. The molecule has 120 valence electrons. The van der Waals surface area contributed by atoms with E-state index in [0.29, 0.717) is 0 Å². The molecule has 0 unspecified atom stereocenters. The number of allylic oxidation sites excluding steroid dienone is 2. The van der Waals surface area contributed by atoms with Gasteiger partial charge >= 0.3 is 6.09 Å². The van der Waals surface area contributed by atoms with Crippen molar-refractivity contribution in [2.24, 2.45) is 0 Å². The molecule has 0 fully saturated rings. The summed E-state index contributed by atoms with van der Waals surface area (Å²) in [6.07, 6.45) is 0.989. The third kappa shape index (κ3) is 4.26. The van der Waals surface area contributed by atoms with E-state index in [9.17, 15) is 24.6 Å². The Kier molecular flexibility index (Phi) is 5.21. The second-order valence-corrected chi connectivity index (χ2v) is 5.58. The SMILES string of the molecule is CC(C)(C)OC(=O)N[C@@H](CO)C(=O)C1=C(O)C=CC(=O)C1=N. The number of carbonyl (C=O) groups excluding carboxylic acids is 3. The van der Waals surface area contributed by atoms with E-state index in [1.807, 2.05) is 0 Å². The lowest BCUT2D eigenvalue weighted by Crippen LogP contribution is -2.47. The molecule has 1 aliphatic rings. The van der Waals surface area contributed by atoms with Crippen LogP contribution in [0.1, 0.15) is 20.8 Å². The Balaban J connectivity index is 2.94. The van der Waals surface area contributed by atoms with Crippen LogP contribution in [0.4, 0.5) is 4.79 Å². The lowest BCUT2D eigenvalue weighted by atomic mass is 9.93. The second kappa shape index (κ2) is 6.52. The van der Waals surface area contributed by atoms with Gasteiger partial charge in [-0.3, -0.25) is 15.0 Å². The number of aliphatic hydroxyl groups excluding tert-OH is 2. The largest absolute Gasteiger partial charge is 0.507 e. The Morgan fingerprint density at radius 1 is 1.36 bits per heavy atom. The highest BCUT2D eigenvalue weighted by atomic mass is 16.6. The lowest BCUT2D eigenvalue weighted by Gasteiger charge is -2.23. The fourth-order valence-corrected chi connectivity index (χ4v) is 1.64. The summed E-state index contributed by atoms with van der Waals surface area (Å²) in [7, 11) is 0. The zero-order valence-corrected chi connectivity index (χ0v) is 12.5. The molecule has 1 rings (SSSR count). The van der Waals surface area contributed by atoms with Gasteiger partial charge in [0.25, 0.3) is 0 Å². The fourth-order valence-electron chi connectivity index (χ4n) is 1.64. The Morgan fingerprint density at radius 2 is 1.95 bits per heavy atom. The molecule has 4 N–H and O–H groups in total. The molecule has 0 aliphatic heterocycles. The molecule has 8 nitrogen and oxygen atoms in total. The molecular weight excluding hydrogens is 292 g/mol. The molecule has 0 radical (unpaired) electrons. The molecule has 0 aromatic carbocycles. The molecule has 0 saturated heterocycles. The van der Waals surface area contributed by atoms with Crippen molar-refractivity contribution in [2.75, 3.05) is 6.61 Å². The number of Topliss-reactive ketones (excluding diaryl/α,β-unsaturated/α-hetero) is 1. The van der Waals surface area contributed by atoms with E-state index in [1.54, 1.807) is 20.8 Å². The van der Waals surface area contributed by atoms with Crippen LogP contribution in [0.15, 0.2) is 23.5 Å². The van der Waals surface area contributed by atoms with Gasteiger partial charge in [0.15, 0.2) is 5.78 Å². The number of ether oxygens (including phenoxy) is 1. The summed E-state index contributed by atoms with van der Waals surface area (Å²) < 4.78 is 4.96. The number of hydrogen-bond donors (Lipinski definition) is 4. The number of amides is 1. The molecule has 0 aromatic rings. The van der Waals surface area contributed by atoms with Crippen molar-refractivity contribution in [3.8, 4) is 0 Å². The normalized spacial score (nSPS) is 16.5. The summed E-state index contributed by atoms with van der Waals surface area (Å²) in [5.74, 6) is -2.28. The number of alkyl carbamates (subject to hydrolysis) is 1. The molecule has 0 heterocycles. The Morgan fingerprint density at radius 3 is 2.45 bits per heavy atom. The maximum absolute atomic E-state index is 12.2. The summed E-state index contributed by atoms with van der Waals surface area (Å²) >= 11 is 0. The van der Waals surface area contributed by atoms with E-state index in [0.717, 1.165) is 12.2 Å². The van der Waals surface area contributed by atoms with Crippen LogP contribution in [0.5, 0.6) is 0 Å². The van der Waals surface area contributed by atoms with Crippen molar-refractivity contribution in [1.82, 2.24) is 5.32 Å². The molecule has 1 amide bonds. The lowest BCUT2D eigenvalue weighted by molar-refractivity contribution is -0.118. The first kappa shape index (κ1) is 17.6. The summed E-state index contributed by atoms with van der Waals surface area (Å²) in [6, 6.07) is -1.44. The number of carbonyl (C=O) groups is 3. The predicted molar refractivity (Wildman–Crippen MR) is 76.8 cm³/mol. The highest BCUT2D eigenvalue weighted by Crippen LogP contribution is 2.15. The van der Waals surface area contributed by atoms with Crippen LogP contribution in [0.3, 0.4) is 0 Å². The smallest absolute Gasteiger partial charge is 0.408 e. The van der Waals surface area contributed by atoms with Crippen LogP contribution in [0.2, 0.25) is 0 Å². The Hall–Kier alpha value is -2.48. The first-order chi connectivity index (χ1) is 10.1. The summed E-state index contributed by atoms with van der Waals surface area (Å²) in [6.45, 7) is 4.09. The van der Waals surface area contributed by atoms with Gasteiger partial charge < -0.3 is 20.3 Å². The molecular formula is C14H18N2O6. The van der Waals surface area contributed by atoms with Gasteiger partial charge in [0.05, 0.1) is 12.2 Å². The third-order valence-corrected chi connectivity index (χ3v) is 2.58. The number of rotatable bonds is 4. The molecule has 0 aromatic heterocycles. The van der Waals surface area contributed by atoms with E-state index < -0.39 is 53.0 Å². The molecule has 1 aliphatic carbocycles. The average molecular weight is 310 g/mol. The molecule has 0 bridgehead atoms. The minimum absolute atomic E-state index is 0.553. The number of ketones is 2. The molecule has 22 heavy (non-hydrogen) atoms. The van der Waals surface area contributed by atoms with Gasteiger partial charge in [0.1, 0.15) is 23.1 Å². The minimum Gasteiger partial charge on any atom is -0.507 e. The monoisotopic (exact) mass is 310 g/mol. The van der Waals surface area contributed by atoms with Crippen LogP contribution in [0, 0.1) is 5.41 Å². The fraction of sp³-hybridized carbons (Fsp3) is 0.429. The second-order valence-electron chi connectivity index (χ2n) is 5.58. The highest BCUT2D eigenvalue weighted by Gasteiger charge is 2.32. The van der Waals surface area contributed by atoms with Crippen molar-refractivity contribution >= 4 is 23.4 Å². The van der Waals surface area contributed by atoms with Crippen LogP contribution in [-0.4, -0.2) is 51.8 Å². The average Bonchev–Trinajstić information content (AvgIpc) is 2.38. The van der Waals surface area contributed by atoms with Gasteiger partial charge in [0, 0.05) is 0 Å². The van der Waals surface area contributed by atoms with Gasteiger partial charge in [-0.2, -0.15) is 0 Å². The Labute approximate surface area is 127 Å². The van der Waals surface area contributed by atoms with Gasteiger partial charge in [0.2, 0.25) is 5.78 Å². The van der Waals surface area contributed by atoms with Gasteiger partial charge in [-0.25, -0.2) is 4.79 Å². The summed E-state index contributed by atoms with van der Waals surface area (Å²) in [5, 5.41) is 28.6. The van der Waals surface area contributed by atoms with Gasteiger partial charge in [-0.15, -0.1) is 0 Å². The van der Waals surface area contributed by atoms with Crippen molar-refractivity contribution in [1.29, 1.82) is 5.41 Å². The topological polar surface area (TPSA) is 137 Å². The molecule has 8 heteroatoms. The molecule has 0 spiro atoms. The van der Waals surface area contributed by atoms with Crippen molar-refractivity contribution in [3.63, 3.8) is 0 Å². The number of nitrogens with one attached hydrogen (secondary N) is 2. The van der Waals surface area contributed by atoms with Gasteiger partial charge in [-0.1, -0.05) is 0 Å². The summed E-state index contributed by atoms with van der Waals surface area (Å²) in [5.41, 5.74) is -2.05. The maximum atomic E-state index is 12.2. The van der Waals surface area contributed by atoms with E-state index in [4.69, 9.17) is 10.1 Å². The predicted octanol–water partition coefficient (Wildman–Crippen LogP) is 0.412. The minimum atomic E-state index is -1.44. The number of aliphatic hydroxyl groups is 2.